The summed E-state index contributed by atoms with van der Waals surface area (Å²) in [6, 6.07) is 12.7. The van der Waals surface area contributed by atoms with E-state index in [0.29, 0.717) is 23.6 Å². The van der Waals surface area contributed by atoms with E-state index in [1.165, 1.54) is 11.3 Å². The predicted molar refractivity (Wildman–Crippen MR) is 96.4 cm³/mol. The molecular weight excluding hydrogens is 354 g/mol. The number of hydrogen-bond acceptors (Lipinski definition) is 6. The molecule has 0 atom stereocenters. The number of rotatable bonds is 5. The van der Waals surface area contributed by atoms with Gasteiger partial charge in [0.2, 0.25) is 12.7 Å². The Labute approximate surface area is 152 Å². The van der Waals surface area contributed by atoms with Crippen LogP contribution in [-0.4, -0.2) is 30.1 Å². The second-order valence-electron chi connectivity index (χ2n) is 5.60. The highest BCUT2D eigenvalue weighted by Crippen LogP contribution is 2.32. The lowest BCUT2D eigenvalue weighted by Gasteiger charge is -2.06. The van der Waals surface area contributed by atoms with Crippen LogP contribution in [0.3, 0.4) is 0 Å². The number of hydrogen-bond donors (Lipinski definition) is 2. The second kappa shape index (κ2) is 7.01. The van der Waals surface area contributed by atoms with Gasteiger partial charge < -0.3 is 20.1 Å². The molecule has 132 valence electrons. The summed E-state index contributed by atoms with van der Waals surface area (Å²) in [5, 5.41) is 6.17. The highest BCUT2D eigenvalue weighted by molar-refractivity contribution is 7.18. The maximum absolute atomic E-state index is 12.1. The number of ether oxygens (including phenoxy) is 2. The molecule has 2 N–H and O–H groups in total. The Hall–Kier alpha value is -3.13. The van der Waals surface area contributed by atoms with Crippen LogP contribution >= 0.6 is 11.3 Å². The molecule has 0 unspecified atom stereocenters. The number of nitrogens with one attached hydrogen (secondary N) is 2. The summed E-state index contributed by atoms with van der Waals surface area (Å²) in [5.41, 5.74) is 1.33. The molecule has 26 heavy (non-hydrogen) atoms. The quantitative estimate of drug-likeness (QED) is 0.719. The van der Waals surface area contributed by atoms with Crippen molar-refractivity contribution in [2.75, 3.05) is 13.3 Å². The number of benzene rings is 2. The molecule has 1 aliphatic rings. The topological polar surface area (TPSA) is 89.6 Å². The summed E-state index contributed by atoms with van der Waals surface area (Å²) >= 11 is 1.53. The minimum Gasteiger partial charge on any atom is -0.454 e. The van der Waals surface area contributed by atoms with Gasteiger partial charge in [-0.15, -0.1) is 11.3 Å². The van der Waals surface area contributed by atoms with Crippen LogP contribution in [0.4, 0.5) is 0 Å². The fourth-order valence-corrected chi connectivity index (χ4v) is 3.44. The number of carbonyl (C=O) groups excluding carboxylic acids is 2. The van der Waals surface area contributed by atoms with Gasteiger partial charge in [-0.25, -0.2) is 4.98 Å². The summed E-state index contributed by atoms with van der Waals surface area (Å²) in [6.45, 7) is 0.366. The number of fused-ring (bicyclic) bond motifs is 2. The molecule has 0 saturated carbocycles. The van der Waals surface area contributed by atoms with Crippen molar-refractivity contribution in [3.05, 3.63) is 53.0 Å². The van der Waals surface area contributed by atoms with Crippen LogP contribution in [0.2, 0.25) is 0 Å². The standard InChI is InChI=1S/C18H15N3O4S/c22-16(19-9-17-21-12-3-1-2-4-15(12)26-17)8-20-18(23)11-5-6-13-14(7-11)25-10-24-13/h1-7H,8-10H2,(H,19,22)(H,20,23). The van der Waals surface area contributed by atoms with E-state index in [1.807, 2.05) is 24.3 Å². The maximum Gasteiger partial charge on any atom is 0.251 e. The largest absolute Gasteiger partial charge is 0.454 e. The molecule has 4 rings (SSSR count). The Morgan fingerprint density at radius 2 is 1.92 bits per heavy atom. The molecule has 0 radical (unpaired) electrons. The Balaban J connectivity index is 1.29. The molecular formula is C18H15N3O4S. The first-order chi connectivity index (χ1) is 12.7. The van der Waals surface area contributed by atoms with Crippen LogP contribution in [0.25, 0.3) is 10.2 Å². The predicted octanol–water partition coefficient (Wildman–Crippen LogP) is 2.07. The third-order valence-electron chi connectivity index (χ3n) is 3.82. The lowest BCUT2D eigenvalue weighted by Crippen LogP contribution is -2.36. The molecule has 2 heterocycles. The van der Waals surface area contributed by atoms with E-state index in [-0.39, 0.29) is 25.2 Å². The van der Waals surface area contributed by atoms with E-state index >= 15 is 0 Å². The summed E-state index contributed by atoms with van der Waals surface area (Å²) in [6.07, 6.45) is 0. The van der Waals surface area contributed by atoms with Crippen molar-refractivity contribution >= 4 is 33.4 Å². The van der Waals surface area contributed by atoms with E-state index in [2.05, 4.69) is 15.6 Å². The Morgan fingerprint density at radius 1 is 1.08 bits per heavy atom. The molecule has 8 heteroatoms. The van der Waals surface area contributed by atoms with Crippen molar-refractivity contribution in [2.45, 2.75) is 6.54 Å². The van der Waals surface area contributed by atoms with Crippen molar-refractivity contribution in [1.82, 2.24) is 15.6 Å². The molecule has 1 aliphatic heterocycles. The van der Waals surface area contributed by atoms with Gasteiger partial charge in [0.15, 0.2) is 11.5 Å². The lowest BCUT2D eigenvalue weighted by molar-refractivity contribution is -0.120. The van der Waals surface area contributed by atoms with E-state index in [9.17, 15) is 9.59 Å². The van der Waals surface area contributed by atoms with Gasteiger partial charge in [-0.05, 0) is 30.3 Å². The number of para-hydroxylation sites is 1. The van der Waals surface area contributed by atoms with E-state index < -0.39 is 0 Å². The van der Waals surface area contributed by atoms with Gasteiger partial charge in [0, 0.05) is 5.56 Å². The number of amides is 2. The number of aromatic nitrogens is 1. The van der Waals surface area contributed by atoms with Gasteiger partial charge in [-0.1, -0.05) is 12.1 Å². The number of carbonyl (C=O) groups is 2. The first-order valence-corrected chi connectivity index (χ1v) is 8.80. The highest BCUT2D eigenvalue weighted by Gasteiger charge is 2.16. The average Bonchev–Trinajstić information content (AvgIpc) is 3.29. The molecule has 0 fully saturated rings. The summed E-state index contributed by atoms with van der Waals surface area (Å²) < 4.78 is 11.5. The Morgan fingerprint density at radius 3 is 2.81 bits per heavy atom. The molecule has 0 saturated heterocycles. The van der Waals surface area contributed by atoms with E-state index in [1.54, 1.807) is 18.2 Å². The molecule has 7 nitrogen and oxygen atoms in total. The summed E-state index contributed by atoms with van der Waals surface area (Å²) in [5.74, 6) is 0.504. The third kappa shape index (κ3) is 3.45. The van der Waals surface area contributed by atoms with Gasteiger partial charge in [-0.2, -0.15) is 0 Å². The van der Waals surface area contributed by atoms with Crippen LogP contribution < -0.4 is 20.1 Å². The maximum atomic E-state index is 12.1. The van der Waals surface area contributed by atoms with Crippen molar-refractivity contribution in [2.24, 2.45) is 0 Å². The molecule has 2 aromatic carbocycles. The first-order valence-electron chi connectivity index (χ1n) is 7.98. The monoisotopic (exact) mass is 369 g/mol. The van der Waals surface area contributed by atoms with Crippen LogP contribution in [0.15, 0.2) is 42.5 Å². The SMILES string of the molecule is O=C(CNC(=O)c1ccc2c(c1)OCO2)NCc1nc2ccccc2s1. The van der Waals surface area contributed by atoms with Crippen molar-refractivity contribution in [3.8, 4) is 11.5 Å². The molecule has 0 spiro atoms. The zero-order valence-electron chi connectivity index (χ0n) is 13.7. The molecule has 0 bridgehead atoms. The van der Waals surface area contributed by atoms with Crippen LogP contribution in [0.1, 0.15) is 15.4 Å². The van der Waals surface area contributed by atoms with E-state index in [0.717, 1.165) is 15.2 Å². The Kier molecular flexibility index (Phi) is 4.40. The van der Waals surface area contributed by atoms with Crippen molar-refractivity contribution in [1.29, 1.82) is 0 Å². The minimum atomic E-state index is -0.349. The van der Waals surface area contributed by atoms with Crippen molar-refractivity contribution < 1.29 is 19.1 Å². The highest BCUT2D eigenvalue weighted by atomic mass is 32.1. The zero-order valence-corrected chi connectivity index (χ0v) is 14.5. The molecule has 0 aliphatic carbocycles. The van der Waals surface area contributed by atoms with Crippen LogP contribution in [0, 0.1) is 0 Å². The Bertz CT molecular complexity index is 952. The molecule has 1 aromatic heterocycles. The fourth-order valence-electron chi connectivity index (χ4n) is 2.53. The van der Waals surface area contributed by atoms with Gasteiger partial charge in [0.1, 0.15) is 5.01 Å². The van der Waals surface area contributed by atoms with Crippen LogP contribution in [-0.2, 0) is 11.3 Å². The first kappa shape index (κ1) is 16.3. The average molecular weight is 369 g/mol. The summed E-state index contributed by atoms with van der Waals surface area (Å²) in [4.78, 5) is 28.6. The van der Waals surface area contributed by atoms with Crippen LogP contribution in [0.5, 0.6) is 11.5 Å². The van der Waals surface area contributed by atoms with Crippen molar-refractivity contribution in [3.63, 3.8) is 0 Å². The third-order valence-corrected chi connectivity index (χ3v) is 4.86. The van der Waals surface area contributed by atoms with E-state index in [4.69, 9.17) is 9.47 Å². The zero-order chi connectivity index (χ0) is 17.9. The van der Waals surface area contributed by atoms with Gasteiger partial charge in [0.05, 0.1) is 23.3 Å². The smallest absolute Gasteiger partial charge is 0.251 e. The number of nitrogens with zero attached hydrogens (tertiary/aromatic N) is 1. The van der Waals surface area contributed by atoms with Gasteiger partial charge in [0.25, 0.3) is 5.91 Å². The van der Waals surface area contributed by atoms with Gasteiger partial charge >= 0.3 is 0 Å². The van der Waals surface area contributed by atoms with Gasteiger partial charge in [-0.3, -0.25) is 9.59 Å². The second-order valence-corrected chi connectivity index (χ2v) is 6.72. The minimum absolute atomic E-state index is 0.113. The fraction of sp³-hybridized carbons (Fsp3) is 0.167. The lowest BCUT2D eigenvalue weighted by atomic mass is 10.2. The number of thiazole rings is 1. The normalized spacial score (nSPS) is 12.2. The molecule has 2 amide bonds. The summed E-state index contributed by atoms with van der Waals surface area (Å²) in [7, 11) is 0. The molecule has 3 aromatic rings.